The van der Waals surface area contributed by atoms with Gasteiger partial charge in [-0.2, -0.15) is 0 Å². The Kier molecular flexibility index (Phi) is 21.8. The number of benzene rings is 2. The van der Waals surface area contributed by atoms with E-state index in [1.54, 1.807) is 0 Å². The number of sulfonamides is 1. The highest BCUT2D eigenvalue weighted by atomic mass is 32.2. The number of carbonyl (C=O) groups is 5. The molecule has 1 fully saturated rings. The fourth-order valence-electron chi connectivity index (χ4n) is 4.83. The monoisotopic (exact) mass is 718 g/mol. The summed E-state index contributed by atoms with van der Waals surface area (Å²) in [7, 11) is -3.06. The number of barbiturate groups is 1. The van der Waals surface area contributed by atoms with Crippen LogP contribution in [0.4, 0.5) is 4.79 Å². The molecule has 2 aromatic carbocycles. The number of carboxylic acids is 1. The molecule has 0 saturated carbocycles. The van der Waals surface area contributed by atoms with Gasteiger partial charge in [0.1, 0.15) is 5.41 Å². The van der Waals surface area contributed by atoms with E-state index in [-0.39, 0.29) is 12.3 Å². The summed E-state index contributed by atoms with van der Waals surface area (Å²) >= 11 is 0. The van der Waals surface area contributed by atoms with E-state index in [0.29, 0.717) is 26.1 Å². The molecule has 1 saturated heterocycles. The second-order valence-electron chi connectivity index (χ2n) is 11.9. The van der Waals surface area contributed by atoms with Crippen LogP contribution in [0.25, 0.3) is 0 Å². The summed E-state index contributed by atoms with van der Waals surface area (Å²) in [5.74, 6) is -2.84. The lowest BCUT2D eigenvalue weighted by molar-refractivity contribution is -0.154. The van der Waals surface area contributed by atoms with Crippen molar-refractivity contribution in [3.05, 3.63) is 71.8 Å². The molecule has 278 valence electrons. The van der Waals surface area contributed by atoms with E-state index >= 15 is 0 Å². The number of urea groups is 1. The van der Waals surface area contributed by atoms with Crippen LogP contribution in [0.5, 0.6) is 0 Å². The van der Waals surface area contributed by atoms with Crippen LogP contribution in [0, 0.1) is 5.41 Å². The Hall–Kier alpha value is -4.18. The number of hydrogen-bond acceptors (Lipinski definition) is 9. The average Bonchev–Trinajstić information content (AvgIpc) is 3.05. The molecule has 1 heterocycles. The van der Waals surface area contributed by atoms with Crippen molar-refractivity contribution in [3.8, 4) is 0 Å². The molecule has 0 unspecified atom stereocenters. The van der Waals surface area contributed by atoms with Crippen LogP contribution < -0.4 is 31.3 Å². The standard InChI is InChI=1S/C14H22N2O5.C11H16N2O.C10H16N2O2S/c1-2-3-4-5-6-7-8-14(9-10(17)18)11(19)15-13(21)16-12(14)20;1-10(14)13-8-7-12-9-11-5-3-2-4-6-11;1-15(13,14)12-8-7-11-9-10-5-3-2-4-6-10/h2-9H2,1H3,(H,17,18)(H2,15,16,19,20,21);2-6,12H,7-9H2,1H3,(H,13,14);2-6,11-12H,7-9H2,1H3. The van der Waals surface area contributed by atoms with Crippen LogP contribution in [0.3, 0.4) is 0 Å². The lowest BCUT2D eigenvalue weighted by Crippen LogP contribution is -2.62. The van der Waals surface area contributed by atoms with E-state index in [1.165, 1.54) is 18.1 Å². The summed E-state index contributed by atoms with van der Waals surface area (Å²) in [6.07, 6.45) is 6.42. The van der Waals surface area contributed by atoms with Gasteiger partial charge in [-0.05, 0) is 17.5 Å². The fourth-order valence-corrected chi connectivity index (χ4v) is 5.30. The van der Waals surface area contributed by atoms with Gasteiger partial charge in [0.2, 0.25) is 27.7 Å². The maximum atomic E-state index is 12.0. The molecule has 1 aliphatic heterocycles. The second kappa shape index (κ2) is 24.9. The number of carboxylic acid groups (broad SMARTS) is 1. The minimum absolute atomic E-state index is 0.0199. The first kappa shape index (κ1) is 43.8. The van der Waals surface area contributed by atoms with Gasteiger partial charge in [-0.3, -0.25) is 29.8 Å². The third-order valence-corrected chi connectivity index (χ3v) is 8.15. The smallest absolute Gasteiger partial charge is 0.328 e. The van der Waals surface area contributed by atoms with Gasteiger partial charge in [-0.15, -0.1) is 0 Å². The van der Waals surface area contributed by atoms with E-state index in [4.69, 9.17) is 5.11 Å². The maximum absolute atomic E-state index is 12.0. The molecule has 7 N–H and O–H groups in total. The molecular formula is C35H54N6O8S. The van der Waals surface area contributed by atoms with Crippen LogP contribution in [-0.2, 0) is 42.3 Å². The number of imide groups is 2. The first-order valence-corrected chi connectivity index (χ1v) is 18.7. The van der Waals surface area contributed by atoms with Gasteiger partial charge >= 0.3 is 12.0 Å². The summed E-state index contributed by atoms with van der Waals surface area (Å²) in [6.45, 7) is 7.77. The molecule has 0 bridgehead atoms. The van der Waals surface area contributed by atoms with Crippen molar-refractivity contribution in [1.82, 2.24) is 31.3 Å². The molecule has 3 rings (SSSR count). The van der Waals surface area contributed by atoms with Crippen LogP contribution >= 0.6 is 0 Å². The highest BCUT2D eigenvalue weighted by Gasteiger charge is 2.51. The second-order valence-corrected chi connectivity index (χ2v) is 13.7. The summed E-state index contributed by atoms with van der Waals surface area (Å²) in [6, 6.07) is 19.3. The van der Waals surface area contributed by atoms with Crippen molar-refractivity contribution in [2.75, 3.05) is 32.4 Å². The maximum Gasteiger partial charge on any atom is 0.328 e. The van der Waals surface area contributed by atoms with Crippen LogP contribution in [-0.4, -0.2) is 75.7 Å². The topological polar surface area (TPSA) is 212 Å². The minimum Gasteiger partial charge on any atom is -0.481 e. The molecular weight excluding hydrogens is 664 g/mol. The zero-order chi connectivity index (χ0) is 37.3. The molecule has 50 heavy (non-hydrogen) atoms. The predicted molar refractivity (Wildman–Crippen MR) is 192 cm³/mol. The Morgan fingerprint density at radius 1 is 0.740 bits per heavy atom. The van der Waals surface area contributed by atoms with Crippen molar-refractivity contribution in [3.63, 3.8) is 0 Å². The van der Waals surface area contributed by atoms with Crippen molar-refractivity contribution >= 4 is 39.7 Å². The molecule has 0 radical (unpaired) electrons. The number of nitrogens with one attached hydrogen (secondary N) is 6. The summed E-state index contributed by atoms with van der Waals surface area (Å²) in [5, 5.41) is 22.1. The highest BCUT2D eigenvalue weighted by molar-refractivity contribution is 7.88. The first-order valence-electron chi connectivity index (χ1n) is 16.9. The Balaban J connectivity index is 0.000000385. The van der Waals surface area contributed by atoms with Gasteiger partial charge in [0.25, 0.3) is 0 Å². The van der Waals surface area contributed by atoms with Crippen molar-refractivity contribution < 1.29 is 37.5 Å². The fraction of sp³-hybridized carbons (Fsp3) is 0.514. The molecule has 1 aliphatic rings. The Morgan fingerprint density at radius 2 is 1.22 bits per heavy atom. The predicted octanol–water partition coefficient (Wildman–Crippen LogP) is 2.80. The number of rotatable bonds is 20. The molecule has 0 atom stereocenters. The van der Waals surface area contributed by atoms with Crippen LogP contribution in [0.1, 0.15) is 76.3 Å². The number of aliphatic carboxylic acids is 1. The van der Waals surface area contributed by atoms with Gasteiger partial charge in [0.15, 0.2) is 0 Å². The molecule has 2 aromatic rings. The van der Waals surface area contributed by atoms with Crippen LogP contribution in [0.2, 0.25) is 0 Å². The van der Waals surface area contributed by atoms with Gasteiger partial charge in [0, 0.05) is 46.2 Å². The number of unbranched alkanes of at least 4 members (excludes halogenated alkanes) is 5. The lowest BCUT2D eigenvalue weighted by Gasteiger charge is -2.32. The van der Waals surface area contributed by atoms with E-state index in [1.807, 2.05) is 59.2 Å². The van der Waals surface area contributed by atoms with E-state index < -0.39 is 45.7 Å². The third-order valence-electron chi connectivity index (χ3n) is 7.42. The number of hydrogen-bond donors (Lipinski definition) is 7. The molecule has 0 spiro atoms. The van der Waals surface area contributed by atoms with Crippen molar-refractivity contribution in [1.29, 1.82) is 0 Å². The van der Waals surface area contributed by atoms with Gasteiger partial charge in [-0.1, -0.05) is 106 Å². The molecule has 0 aromatic heterocycles. The normalized spacial score (nSPS) is 13.5. The zero-order valence-corrected chi connectivity index (χ0v) is 30.2. The van der Waals surface area contributed by atoms with Crippen LogP contribution in [0.15, 0.2) is 60.7 Å². The third kappa shape index (κ3) is 20.4. The Morgan fingerprint density at radius 3 is 1.68 bits per heavy atom. The zero-order valence-electron chi connectivity index (χ0n) is 29.4. The molecule has 0 aliphatic carbocycles. The number of carbonyl (C=O) groups excluding carboxylic acids is 4. The largest absolute Gasteiger partial charge is 0.481 e. The molecule has 15 heteroatoms. The van der Waals surface area contributed by atoms with E-state index in [0.717, 1.165) is 58.0 Å². The van der Waals surface area contributed by atoms with Crippen molar-refractivity contribution in [2.24, 2.45) is 5.41 Å². The van der Waals surface area contributed by atoms with Gasteiger partial charge in [0.05, 0.1) is 12.7 Å². The highest BCUT2D eigenvalue weighted by Crippen LogP contribution is 2.32. The first-order chi connectivity index (χ1) is 23.8. The summed E-state index contributed by atoms with van der Waals surface area (Å²) < 4.78 is 23.9. The quantitative estimate of drug-likeness (QED) is 0.0786. The summed E-state index contributed by atoms with van der Waals surface area (Å²) in [4.78, 5) is 56.6. The lowest BCUT2D eigenvalue weighted by atomic mass is 9.76. The SMILES string of the molecule is CC(=O)NCCNCc1ccccc1.CCCCCCCCC1(CC(=O)O)C(=O)NC(=O)NC1=O.CS(=O)(=O)NCCNCc1ccccc1. The Bertz CT molecular complexity index is 1410. The van der Waals surface area contributed by atoms with Gasteiger partial charge < -0.3 is 21.1 Å². The molecule has 5 amide bonds. The summed E-state index contributed by atoms with van der Waals surface area (Å²) in [5.41, 5.74) is 0.775. The number of amides is 5. The minimum atomic E-state index is -3.06. The van der Waals surface area contributed by atoms with Crippen molar-refractivity contribution in [2.45, 2.75) is 78.3 Å². The Labute approximate surface area is 296 Å². The molecule has 14 nitrogen and oxygen atoms in total. The van der Waals surface area contributed by atoms with Gasteiger partial charge in [-0.25, -0.2) is 17.9 Å². The van der Waals surface area contributed by atoms with E-state index in [9.17, 15) is 32.4 Å². The van der Waals surface area contributed by atoms with E-state index in [2.05, 4.69) is 39.7 Å². The average molecular weight is 719 g/mol.